The van der Waals surface area contributed by atoms with Gasteiger partial charge < -0.3 is 0 Å². The fraction of sp³-hybridized carbons (Fsp3) is 0. The smallest absolute Gasteiger partial charge is 0.0972 e. The Labute approximate surface area is 247 Å². The van der Waals surface area contributed by atoms with Crippen molar-refractivity contribution >= 4 is 59.3 Å². The maximum atomic E-state index is 4.81. The van der Waals surface area contributed by atoms with Crippen molar-refractivity contribution in [3.05, 3.63) is 156 Å². The van der Waals surface area contributed by atoms with E-state index in [4.69, 9.17) is 4.98 Å². The van der Waals surface area contributed by atoms with Crippen LogP contribution in [-0.2, 0) is 0 Å². The molecule has 2 heterocycles. The SMILES string of the molecule is Brc1c2ccccc2c(-c2ccccc2)c2ccccc12.c1ccc(-c2ccc3ccc4cccnc4c3n2)cc1. The van der Waals surface area contributed by atoms with Gasteiger partial charge in [-0.3, -0.25) is 4.98 Å². The van der Waals surface area contributed by atoms with E-state index in [0.29, 0.717) is 0 Å². The van der Waals surface area contributed by atoms with Crippen LogP contribution >= 0.6 is 15.9 Å². The van der Waals surface area contributed by atoms with Gasteiger partial charge in [-0.2, -0.15) is 0 Å². The van der Waals surface area contributed by atoms with Crippen LogP contribution in [0.2, 0.25) is 0 Å². The summed E-state index contributed by atoms with van der Waals surface area (Å²) in [6.45, 7) is 0. The first kappa shape index (κ1) is 25.1. The number of halogens is 1. The zero-order chi connectivity index (χ0) is 27.6. The molecule has 0 saturated heterocycles. The summed E-state index contributed by atoms with van der Waals surface area (Å²) in [5.41, 5.74) is 6.60. The molecule has 3 heteroatoms. The normalized spacial score (nSPS) is 11.0. The number of aromatic nitrogens is 2. The molecule has 0 fully saturated rings. The van der Waals surface area contributed by atoms with E-state index >= 15 is 0 Å². The van der Waals surface area contributed by atoms with Crippen molar-refractivity contribution in [2.45, 2.75) is 0 Å². The molecule has 0 N–H and O–H groups in total. The highest BCUT2D eigenvalue weighted by Crippen LogP contribution is 2.41. The van der Waals surface area contributed by atoms with Gasteiger partial charge in [-0.1, -0.05) is 133 Å². The average Bonchev–Trinajstić information content (AvgIpc) is 3.06. The molecule has 8 aromatic rings. The Morgan fingerprint density at radius 1 is 0.415 bits per heavy atom. The van der Waals surface area contributed by atoms with Crippen LogP contribution in [0.3, 0.4) is 0 Å². The minimum atomic E-state index is 0.961. The molecule has 2 aromatic heterocycles. The maximum Gasteiger partial charge on any atom is 0.0972 e. The average molecular weight is 590 g/mol. The molecule has 41 heavy (non-hydrogen) atoms. The van der Waals surface area contributed by atoms with Gasteiger partial charge in [0, 0.05) is 27.0 Å². The highest BCUT2D eigenvalue weighted by Gasteiger charge is 2.13. The molecule has 8 rings (SSSR count). The molecule has 6 aromatic carbocycles. The molecule has 0 radical (unpaired) electrons. The van der Waals surface area contributed by atoms with E-state index in [1.165, 1.54) is 37.1 Å². The predicted octanol–water partition coefficient (Wildman–Crippen LogP) is 10.9. The molecular weight excluding hydrogens is 564 g/mol. The summed E-state index contributed by atoms with van der Waals surface area (Å²) < 4.78 is 1.17. The molecule has 0 spiro atoms. The third kappa shape index (κ3) is 4.75. The van der Waals surface area contributed by atoms with Gasteiger partial charge in [-0.25, -0.2) is 4.98 Å². The van der Waals surface area contributed by atoms with Gasteiger partial charge >= 0.3 is 0 Å². The van der Waals surface area contributed by atoms with Crippen molar-refractivity contribution in [2.24, 2.45) is 0 Å². The van der Waals surface area contributed by atoms with Crippen LogP contribution in [0.5, 0.6) is 0 Å². The number of rotatable bonds is 2. The number of benzene rings is 6. The van der Waals surface area contributed by atoms with Gasteiger partial charge in [0.1, 0.15) is 0 Å². The third-order valence-electron chi connectivity index (χ3n) is 7.43. The third-order valence-corrected chi connectivity index (χ3v) is 8.28. The van der Waals surface area contributed by atoms with E-state index in [1.807, 2.05) is 30.5 Å². The Morgan fingerprint density at radius 2 is 0.927 bits per heavy atom. The van der Waals surface area contributed by atoms with Gasteiger partial charge in [-0.15, -0.1) is 0 Å². The largest absolute Gasteiger partial charge is 0.254 e. The quantitative estimate of drug-likeness (QED) is 0.148. The number of pyridine rings is 2. The van der Waals surface area contributed by atoms with E-state index in [1.54, 1.807) is 0 Å². The molecule has 0 atom stereocenters. The Morgan fingerprint density at radius 3 is 1.56 bits per heavy atom. The Hall–Kier alpha value is -4.86. The van der Waals surface area contributed by atoms with Crippen molar-refractivity contribution < 1.29 is 0 Å². The Bertz CT molecular complexity index is 2100. The topological polar surface area (TPSA) is 25.8 Å². The van der Waals surface area contributed by atoms with Crippen molar-refractivity contribution in [1.82, 2.24) is 9.97 Å². The van der Waals surface area contributed by atoms with Crippen LogP contribution in [-0.4, -0.2) is 9.97 Å². The number of hydrogen-bond donors (Lipinski definition) is 0. The monoisotopic (exact) mass is 588 g/mol. The predicted molar refractivity (Wildman–Crippen MR) is 177 cm³/mol. The molecule has 0 aliphatic heterocycles. The summed E-state index contributed by atoms with van der Waals surface area (Å²) in [7, 11) is 0. The molecule has 194 valence electrons. The van der Waals surface area contributed by atoms with Crippen LogP contribution in [0.1, 0.15) is 0 Å². The second kappa shape index (κ2) is 11.0. The molecule has 0 saturated carbocycles. The summed E-state index contributed by atoms with van der Waals surface area (Å²) in [5, 5.41) is 7.34. The summed E-state index contributed by atoms with van der Waals surface area (Å²) in [6, 6.07) is 50.4. The van der Waals surface area contributed by atoms with Gasteiger partial charge in [-0.05, 0) is 60.7 Å². The van der Waals surface area contributed by atoms with Gasteiger partial charge in [0.25, 0.3) is 0 Å². The molecule has 0 aliphatic carbocycles. The second-order valence-corrected chi connectivity index (χ2v) is 10.7. The first-order valence-corrected chi connectivity index (χ1v) is 14.4. The minimum absolute atomic E-state index is 0.961. The molecule has 0 bridgehead atoms. The molecule has 0 aliphatic rings. The lowest BCUT2D eigenvalue weighted by molar-refractivity contribution is 1.37. The van der Waals surface area contributed by atoms with Crippen molar-refractivity contribution in [2.75, 3.05) is 0 Å². The Kier molecular flexibility index (Phi) is 6.72. The fourth-order valence-electron chi connectivity index (χ4n) is 5.48. The zero-order valence-electron chi connectivity index (χ0n) is 22.2. The van der Waals surface area contributed by atoms with Crippen molar-refractivity contribution in [3.8, 4) is 22.4 Å². The van der Waals surface area contributed by atoms with Crippen LogP contribution in [0, 0.1) is 0 Å². The number of fused-ring (bicyclic) bond motifs is 5. The lowest BCUT2D eigenvalue weighted by Gasteiger charge is -2.14. The lowest BCUT2D eigenvalue weighted by Crippen LogP contribution is -1.88. The van der Waals surface area contributed by atoms with Gasteiger partial charge in [0.15, 0.2) is 0 Å². The van der Waals surface area contributed by atoms with Gasteiger partial charge in [0.2, 0.25) is 0 Å². The molecule has 0 amide bonds. The first-order valence-electron chi connectivity index (χ1n) is 13.6. The summed E-state index contributed by atoms with van der Waals surface area (Å²) >= 11 is 3.79. The summed E-state index contributed by atoms with van der Waals surface area (Å²) in [6.07, 6.45) is 1.82. The first-order chi connectivity index (χ1) is 20.3. The molecule has 2 nitrogen and oxygen atoms in total. The van der Waals surface area contributed by atoms with Crippen LogP contribution in [0.4, 0.5) is 0 Å². The highest BCUT2D eigenvalue weighted by atomic mass is 79.9. The summed E-state index contributed by atoms with van der Waals surface area (Å²) in [4.78, 5) is 9.29. The van der Waals surface area contributed by atoms with E-state index in [2.05, 4.69) is 142 Å². The number of nitrogens with zero attached hydrogens (tertiary/aromatic N) is 2. The maximum absolute atomic E-state index is 4.81. The lowest BCUT2D eigenvalue weighted by atomic mass is 9.92. The fourth-order valence-corrected chi connectivity index (χ4v) is 6.18. The highest BCUT2D eigenvalue weighted by molar-refractivity contribution is 9.10. The van der Waals surface area contributed by atoms with E-state index < -0.39 is 0 Å². The van der Waals surface area contributed by atoms with E-state index in [9.17, 15) is 0 Å². The second-order valence-electron chi connectivity index (χ2n) is 9.92. The van der Waals surface area contributed by atoms with Crippen molar-refractivity contribution in [3.63, 3.8) is 0 Å². The van der Waals surface area contributed by atoms with Crippen LogP contribution in [0.25, 0.3) is 65.7 Å². The zero-order valence-corrected chi connectivity index (χ0v) is 23.8. The molecular formula is C38H25BrN2. The van der Waals surface area contributed by atoms with E-state index in [-0.39, 0.29) is 0 Å². The standard InChI is InChI=1S/C20H13Br.C18H12N2/c21-20-17-12-6-4-10-15(17)19(14-8-2-1-3-9-14)16-11-5-7-13-18(16)20;1-2-5-13(6-3-1)16-11-10-15-9-8-14-7-4-12-19-17(14)18(15)20-16/h1-13H;1-12H. The minimum Gasteiger partial charge on any atom is -0.254 e. The summed E-state index contributed by atoms with van der Waals surface area (Å²) in [5.74, 6) is 0. The Balaban J connectivity index is 0.000000135. The molecule has 0 unspecified atom stereocenters. The van der Waals surface area contributed by atoms with E-state index in [0.717, 1.165) is 33.1 Å². The van der Waals surface area contributed by atoms with Gasteiger partial charge in [0.05, 0.1) is 16.7 Å². The van der Waals surface area contributed by atoms with Crippen LogP contribution < -0.4 is 0 Å². The van der Waals surface area contributed by atoms with Crippen molar-refractivity contribution in [1.29, 1.82) is 0 Å². The van der Waals surface area contributed by atoms with Crippen LogP contribution in [0.15, 0.2) is 156 Å². The number of hydrogen-bond acceptors (Lipinski definition) is 2.